The third-order valence-corrected chi connectivity index (χ3v) is 3.98. The van der Waals surface area contributed by atoms with Crippen LogP contribution in [0.25, 0.3) is 0 Å². The van der Waals surface area contributed by atoms with E-state index in [1.54, 1.807) is 29.2 Å². The van der Waals surface area contributed by atoms with Crippen molar-refractivity contribution in [1.82, 2.24) is 10.2 Å². The number of likely N-dealkylation sites (tertiary alicyclic amines) is 1. The SMILES string of the molecule is O=C(O)CC1CN(C(=O)CNC(=O)c2ccccc2Br)C1. The van der Waals surface area contributed by atoms with Crippen LogP contribution in [-0.4, -0.2) is 47.4 Å². The summed E-state index contributed by atoms with van der Waals surface area (Å²) < 4.78 is 0.667. The predicted molar refractivity (Wildman–Crippen MR) is 78.8 cm³/mol. The molecular weight excluding hydrogens is 340 g/mol. The number of rotatable bonds is 5. The van der Waals surface area contributed by atoms with Gasteiger partial charge in [0.1, 0.15) is 0 Å². The van der Waals surface area contributed by atoms with Gasteiger partial charge in [0.15, 0.2) is 0 Å². The third-order valence-electron chi connectivity index (χ3n) is 3.29. The van der Waals surface area contributed by atoms with Gasteiger partial charge in [0.2, 0.25) is 5.91 Å². The quantitative estimate of drug-likeness (QED) is 0.829. The van der Waals surface area contributed by atoms with E-state index >= 15 is 0 Å². The fourth-order valence-corrected chi connectivity index (χ4v) is 2.62. The Hall–Kier alpha value is -1.89. The molecule has 1 saturated heterocycles. The molecule has 7 heteroatoms. The molecule has 0 radical (unpaired) electrons. The number of hydrogen-bond acceptors (Lipinski definition) is 3. The zero-order valence-electron chi connectivity index (χ0n) is 11.2. The summed E-state index contributed by atoms with van der Waals surface area (Å²) in [6.07, 6.45) is 0.0765. The average molecular weight is 355 g/mol. The molecule has 1 heterocycles. The lowest BCUT2D eigenvalue weighted by Gasteiger charge is -2.38. The topological polar surface area (TPSA) is 86.7 Å². The van der Waals surface area contributed by atoms with E-state index < -0.39 is 5.97 Å². The smallest absolute Gasteiger partial charge is 0.303 e. The Morgan fingerprint density at radius 1 is 1.29 bits per heavy atom. The van der Waals surface area contributed by atoms with E-state index in [9.17, 15) is 14.4 Å². The number of nitrogens with one attached hydrogen (secondary N) is 1. The van der Waals surface area contributed by atoms with Crippen LogP contribution in [-0.2, 0) is 9.59 Å². The Balaban J connectivity index is 1.77. The van der Waals surface area contributed by atoms with Gasteiger partial charge in [-0.2, -0.15) is 0 Å². The molecule has 0 bridgehead atoms. The van der Waals surface area contributed by atoms with Crippen LogP contribution in [0.2, 0.25) is 0 Å². The summed E-state index contributed by atoms with van der Waals surface area (Å²) in [6.45, 7) is 0.798. The van der Waals surface area contributed by atoms with Crippen LogP contribution in [0.5, 0.6) is 0 Å². The van der Waals surface area contributed by atoms with Crippen LogP contribution in [0.4, 0.5) is 0 Å². The molecule has 112 valence electrons. The summed E-state index contributed by atoms with van der Waals surface area (Å²) in [4.78, 5) is 35.8. The van der Waals surface area contributed by atoms with Crippen molar-refractivity contribution in [1.29, 1.82) is 0 Å². The fraction of sp³-hybridized carbons (Fsp3) is 0.357. The molecule has 1 aliphatic rings. The maximum Gasteiger partial charge on any atom is 0.303 e. The number of nitrogens with zero attached hydrogens (tertiary/aromatic N) is 1. The van der Waals surface area contributed by atoms with Gasteiger partial charge in [-0.1, -0.05) is 12.1 Å². The predicted octanol–water partition coefficient (Wildman–Crippen LogP) is 1.11. The fourth-order valence-electron chi connectivity index (χ4n) is 2.16. The minimum atomic E-state index is -0.852. The highest BCUT2D eigenvalue weighted by atomic mass is 79.9. The maximum absolute atomic E-state index is 11.9. The molecule has 0 spiro atoms. The second kappa shape index (κ2) is 6.71. The standard InChI is InChI=1S/C14H15BrN2O4/c15-11-4-2-1-3-10(11)14(21)16-6-12(18)17-7-9(8-17)5-13(19)20/h1-4,9H,5-8H2,(H,16,21)(H,19,20). The van der Waals surface area contributed by atoms with Crippen LogP contribution in [0.3, 0.4) is 0 Å². The van der Waals surface area contributed by atoms with Gasteiger partial charge in [0.25, 0.3) is 5.91 Å². The zero-order valence-corrected chi connectivity index (χ0v) is 12.8. The highest BCUT2D eigenvalue weighted by Crippen LogP contribution is 2.19. The number of aliphatic carboxylic acids is 1. The van der Waals surface area contributed by atoms with Gasteiger partial charge in [-0.05, 0) is 28.1 Å². The van der Waals surface area contributed by atoms with Gasteiger partial charge < -0.3 is 15.3 Å². The van der Waals surface area contributed by atoms with Crippen molar-refractivity contribution < 1.29 is 19.5 Å². The first-order valence-electron chi connectivity index (χ1n) is 6.49. The number of carbonyl (C=O) groups is 3. The Kier molecular flexibility index (Phi) is 4.95. The molecule has 0 saturated carbocycles. The summed E-state index contributed by atoms with van der Waals surface area (Å²) in [5.74, 6) is -1.35. The molecule has 2 rings (SSSR count). The van der Waals surface area contributed by atoms with E-state index in [-0.39, 0.29) is 30.7 Å². The first kappa shape index (κ1) is 15.5. The molecule has 6 nitrogen and oxygen atoms in total. The van der Waals surface area contributed by atoms with E-state index in [1.807, 2.05) is 0 Å². The third kappa shape index (κ3) is 4.04. The van der Waals surface area contributed by atoms with Gasteiger partial charge in [-0.3, -0.25) is 14.4 Å². The van der Waals surface area contributed by atoms with Crippen molar-refractivity contribution in [3.8, 4) is 0 Å². The highest BCUT2D eigenvalue weighted by Gasteiger charge is 2.31. The molecular formula is C14H15BrN2O4. The van der Waals surface area contributed by atoms with Crippen molar-refractivity contribution in [2.75, 3.05) is 19.6 Å². The summed E-state index contributed by atoms with van der Waals surface area (Å²) >= 11 is 3.28. The summed E-state index contributed by atoms with van der Waals surface area (Å²) in [6, 6.07) is 6.96. The summed E-state index contributed by atoms with van der Waals surface area (Å²) in [7, 11) is 0. The monoisotopic (exact) mass is 354 g/mol. The van der Waals surface area contributed by atoms with Crippen molar-refractivity contribution in [2.24, 2.45) is 5.92 Å². The minimum Gasteiger partial charge on any atom is -0.481 e. The largest absolute Gasteiger partial charge is 0.481 e. The number of amides is 2. The number of hydrogen-bond donors (Lipinski definition) is 2. The van der Waals surface area contributed by atoms with Crippen LogP contribution in [0, 0.1) is 5.92 Å². The molecule has 0 atom stereocenters. The van der Waals surface area contributed by atoms with Crippen LogP contribution in [0.1, 0.15) is 16.8 Å². The van der Waals surface area contributed by atoms with E-state index in [2.05, 4.69) is 21.2 Å². The van der Waals surface area contributed by atoms with Crippen LogP contribution < -0.4 is 5.32 Å². The van der Waals surface area contributed by atoms with Crippen molar-refractivity contribution in [2.45, 2.75) is 6.42 Å². The molecule has 0 unspecified atom stereocenters. The number of carbonyl (C=O) groups excluding carboxylic acids is 2. The first-order chi connectivity index (χ1) is 9.97. The lowest BCUT2D eigenvalue weighted by atomic mass is 9.96. The molecule has 0 aliphatic carbocycles. The van der Waals surface area contributed by atoms with Crippen molar-refractivity contribution >= 4 is 33.7 Å². The number of carboxylic acids is 1. The van der Waals surface area contributed by atoms with Gasteiger partial charge in [0.05, 0.1) is 18.5 Å². The molecule has 1 aliphatic heterocycles. The second-order valence-corrected chi connectivity index (χ2v) is 5.78. The summed E-state index contributed by atoms with van der Waals surface area (Å²) in [5.41, 5.74) is 0.470. The van der Waals surface area contributed by atoms with E-state index in [1.165, 1.54) is 0 Å². The first-order valence-corrected chi connectivity index (χ1v) is 7.29. The highest BCUT2D eigenvalue weighted by molar-refractivity contribution is 9.10. The van der Waals surface area contributed by atoms with Gasteiger partial charge >= 0.3 is 5.97 Å². The van der Waals surface area contributed by atoms with Gasteiger partial charge in [-0.15, -0.1) is 0 Å². The number of benzene rings is 1. The molecule has 0 aromatic heterocycles. The van der Waals surface area contributed by atoms with E-state index in [0.29, 0.717) is 23.1 Å². The Bertz CT molecular complexity index is 570. The molecule has 1 aromatic carbocycles. The lowest BCUT2D eigenvalue weighted by Crippen LogP contribution is -2.53. The lowest BCUT2D eigenvalue weighted by molar-refractivity contribution is -0.144. The molecule has 21 heavy (non-hydrogen) atoms. The Labute approximate surface area is 130 Å². The second-order valence-electron chi connectivity index (χ2n) is 4.93. The maximum atomic E-state index is 11.9. The number of halogens is 1. The molecule has 1 aromatic rings. The van der Waals surface area contributed by atoms with Crippen LogP contribution in [0.15, 0.2) is 28.7 Å². The number of carboxylic acid groups (broad SMARTS) is 1. The normalized spacial score (nSPS) is 14.4. The average Bonchev–Trinajstić information content (AvgIpc) is 2.39. The van der Waals surface area contributed by atoms with Gasteiger partial charge in [-0.25, -0.2) is 0 Å². The minimum absolute atomic E-state index is 0.0189. The Morgan fingerprint density at radius 3 is 2.57 bits per heavy atom. The Morgan fingerprint density at radius 2 is 1.95 bits per heavy atom. The molecule has 2 amide bonds. The van der Waals surface area contributed by atoms with Crippen LogP contribution >= 0.6 is 15.9 Å². The van der Waals surface area contributed by atoms with Crippen molar-refractivity contribution in [3.05, 3.63) is 34.3 Å². The van der Waals surface area contributed by atoms with E-state index in [0.717, 1.165) is 0 Å². The van der Waals surface area contributed by atoms with Crippen molar-refractivity contribution in [3.63, 3.8) is 0 Å². The van der Waals surface area contributed by atoms with Gasteiger partial charge in [0, 0.05) is 23.5 Å². The summed E-state index contributed by atoms with van der Waals surface area (Å²) in [5, 5.41) is 11.2. The molecule has 2 N–H and O–H groups in total. The zero-order chi connectivity index (χ0) is 15.4. The molecule has 1 fully saturated rings. The van der Waals surface area contributed by atoms with E-state index in [4.69, 9.17) is 5.11 Å².